The number of amides is 1. The molecule has 0 aliphatic rings. The minimum atomic E-state index is -0.108. The fourth-order valence-electron chi connectivity index (χ4n) is 2.88. The zero-order valence-electron chi connectivity index (χ0n) is 16.3. The van der Waals surface area contributed by atoms with E-state index in [2.05, 4.69) is 37.4 Å². The lowest BCUT2D eigenvalue weighted by molar-refractivity contribution is 0.0940. The third-order valence-electron chi connectivity index (χ3n) is 4.85. The molecule has 0 saturated carbocycles. The first-order valence-electron chi connectivity index (χ1n) is 9.28. The van der Waals surface area contributed by atoms with E-state index in [0.29, 0.717) is 22.9 Å². The minimum absolute atomic E-state index is 0.0667. The second kappa shape index (κ2) is 8.94. The molecule has 1 unspecified atom stereocenters. The van der Waals surface area contributed by atoms with Crippen molar-refractivity contribution in [1.29, 1.82) is 0 Å². The summed E-state index contributed by atoms with van der Waals surface area (Å²) < 4.78 is 5.77. The van der Waals surface area contributed by atoms with Crippen molar-refractivity contribution < 1.29 is 9.53 Å². The number of hydrogen-bond acceptors (Lipinski definition) is 2. The van der Waals surface area contributed by atoms with E-state index < -0.39 is 0 Å². The number of aryl methyl sites for hydroxylation is 2. The molecule has 0 radical (unpaired) electrons. The van der Waals surface area contributed by atoms with Crippen LogP contribution in [0.1, 0.15) is 45.6 Å². The summed E-state index contributed by atoms with van der Waals surface area (Å²) in [4.78, 5) is 12.5. The van der Waals surface area contributed by atoms with E-state index in [9.17, 15) is 4.79 Å². The zero-order valence-corrected chi connectivity index (χ0v) is 17.1. The Morgan fingerprint density at radius 1 is 1.00 bits per heavy atom. The van der Waals surface area contributed by atoms with Gasteiger partial charge in [0.25, 0.3) is 5.91 Å². The van der Waals surface area contributed by atoms with E-state index in [1.807, 2.05) is 31.2 Å². The monoisotopic (exact) mass is 393 g/mol. The molecule has 3 nitrogen and oxygen atoms in total. The van der Waals surface area contributed by atoms with Gasteiger partial charge in [0, 0.05) is 16.1 Å². The number of nitrogens with one attached hydrogen (secondary N) is 1. The van der Waals surface area contributed by atoms with Gasteiger partial charge >= 0.3 is 0 Å². The summed E-state index contributed by atoms with van der Waals surface area (Å²) in [5, 5.41) is 3.73. The summed E-state index contributed by atoms with van der Waals surface area (Å²) in [6.45, 7) is 6.53. The molecule has 144 valence electrons. The maximum absolute atomic E-state index is 12.5. The average Bonchev–Trinajstić information content (AvgIpc) is 2.69. The number of benzene rings is 3. The summed E-state index contributed by atoms with van der Waals surface area (Å²) in [5.74, 6) is 0.585. The van der Waals surface area contributed by atoms with Gasteiger partial charge in [0.05, 0.1) is 6.04 Å². The number of carbonyl (C=O) groups is 1. The number of rotatable bonds is 6. The lowest BCUT2D eigenvalue weighted by atomic mass is 10.0. The highest BCUT2D eigenvalue weighted by molar-refractivity contribution is 6.31. The molecule has 0 fully saturated rings. The van der Waals surface area contributed by atoms with Crippen LogP contribution in [0.2, 0.25) is 5.02 Å². The van der Waals surface area contributed by atoms with Gasteiger partial charge in [-0.05, 0) is 67.8 Å². The maximum Gasteiger partial charge on any atom is 0.251 e. The zero-order chi connectivity index (χ0) is 20.1. The summed E-state index contributed by atoms with van der Waals surface area (Å²) in [7, 11) is 0. The quantitative estimate of drug-likeness (QED) is 0.555. The molecular weight excluding hydrogens is 370 g/mol. The molecule has 0 bridgehead atoms. The van der Waals surface area contributed by atoms with Gasteiger partial charge < -0.3 is 10.1 Å². The number of carbonyl (C=O) groups excluding carboxylic acids is 1. The molecule has 0 heterocycles. The van der Waals surface area contributed by atoms with Crippen molar-refractivity contribution in [2.75, 3.05) is 0 Å². The Morgan fingerprint density at radius 2 is 1.71 bits per heavy atom. The molecule has 1 N–H and O–H groups in total. The Morgan fingerprint density at radius 3 is 2.39 bits per heavy atom. The van der Waals surface area contributed by atoms with E-state index >= 15 is 0 Å². The summed E-state index contributed by atoms with van der Waals surface area (Å²) in [5.41, 5.74) is 5.08. The predicted octanol–water partition coefficient (Wildman–Crippen LogP) is 6.03. The van der Waals surface area contributed by atoms with Crippen LogP contribution in [0.15, 0.2) is 66.7 Å². The van der Waals surface area contributed by atoms with Gasteiger partial charge in [-0.1, -0.05) is 48.0 Å². The first-order chi connectivity index (χ1) is 13.4. The Bertz CT molecular complexity index is 967. The molecule has 0 aromatic heterocycles. The smallest absolute Gasteiger partial charge is 0.251 e. The largest absolute Gasteiger partial charge is 0.489 e. The van der Waals surface area contributed by atoms with Gasteiger partial charge in [-0.2, -0.15) is 0 Å². The molecule has 1 atom stereocenters. The summed E-state index contributed by atoms with van der Waals surface area (Å²) >= 11 is 6.14. The highest BCUT2D eigenvalue weighted by atomic mass is 35.5. The Labute approximate surface area is 171 Å². The topological polar surface area (TPSA) is 38.3 Å². The number of hydrogen-bond donors (Lipinski definition) is 1. The molecular formula is C24H24ClNO2. The lowest BCUT2D eigenvalue weighted by Crippen LogP contribution is -2.26. The van der Waals surface area contributed by atoms with Crippen LogP contribution in [0, 0.1) is 13.8 Å². The van der Waals surface area contributed by atoms with Crippen LogP contribution in [-0.4, -0.2) is 5.91 Å². The van der Waals surface area contributed by atoms with E-state index in [1.165, 1.54) is 11.1 Å². The van der Waals surface area contributed by atoms with Crippen LogP contribution in [0.4, 0.5) is 0 Å². The van der Waals surface area contributed by atoms with E-state index in [0.717, 1.165) is 11.1 Å². The number of ether oxygens (including phenoxy) is 1. The van der Waals surface area contributed by atoms with Crippen molar-refractivity contribution in [3.05, 3.63) is 99.6 Å². The Balaban J connectivity index is 1.60. The lowest BCUT2D eigenvalue weighted by Gasteiger charge is -2.16. The fraction of sp³-hybridized carbons (Fsp3) is 0.208. The summed E-state index contributed by atoms with van der Waals surface area (Å²) in [6.07, 6.45) is 0. The van der Waals surface area contributed by atoms with Crippen molar-refractivity contribution in [2.24, 2.45) is 0 Å². The van der Waals surface area contributed by atoms with Crippen LogP contribution < -0.4 is 10.1 Å². The molecule has 0 aliphatic heterocycles. The van der Waals surface area contributed by atoms with E-state index in [1.54, 1.807) is 24.3 Å². The Kier molecular flexibility index (Phi) is 6.37. The van der Waals surface area contributed by atoms with Gasteiger partial charge in [0.2, 0.25) is 0 Å². The van der Waals surface area contributed by atoms with Crippen molar-refractivity contribution in [3.8, 4) is 5.75 Å². The third-order valence-corrected chi connectivity index (χ3v) is 5.22. The Hall–Kier alpha value is -2.78. The average molecular weight is 394 g/mol. The molecule has 3 aromatic carbocycles. The first kappa shape index (κ1) is 20.0. The van der Waals surface area contributed by atoms with Gasteiger partial charge in [-0.3, -0.25) is 4.79 Å². The maximum atomic E-state index is 12.5. The molecule has 0 spiro atoms. The highest BCUT2D eigenvalue weighted by Gasteiger charge is 2.12. The van der Waals surface area contributed by atoms with Crippen molar-refractivity contribution in [1.82, 2.24) is 5.32 Å². The molecule has 3 rings (SSSR count). The second-order valence-electron chi connectivity index (χ2n) is 6.94. The van der Waals surface area contributed by atoms with Crippen molar-refractivity contribution in [3.63, 3.8) is 0 Å². The molecule has 1 amide bonds. The van der Waals surface area contributed by atoms with E-state index in [-0.39, 0.29) is 11.9 Å². The van der Waals surface area contributed by atoms with Crippen LogP contribution in [-0.2, 0) is 6.61 Å². The molecule has 28 heavy (non-hydrogen) atoms. The predicted molar refractivity (Wildman–Crippen MR) is 114 cm³/mol. The van der Waals surface area contributed by atoms with Gasteiger partial charge in [0.1, 0.15) is 12.4 Å². The van der Waals surface area contributed by atoms with Gasteiger partial charge in [-0.15, -0.1) is 0 Å². The molecule has 3 aromatic rings. The van der Waals surface area contributed by atoms with Crippen LogP contribution in [0.5, 0.6) is 5.75 Å². The second-order valence-corrected chi connectivity index (χ2v) is 7.35. The highest BCUT2D eigenvalue weighted by Crippen LogP contribution is 2.20. The van der Waals surface area contributed by atoms with Crippen LogP contribution in [0.3, 0.4) is 0 Å². The normalized spacial score (nSPS) is 11.7. The van der Waals surface area contributed by atoms with Gasteiger partial charge in [0.15, 0.2) is 0 Å². The first-order valence-corrected chi connectivity index (χ1v) is 9.66. The molecule has 4 heteroatoms. The fourth-order valence-corrected chi connectivity index (χ4v) is 3.07. The third kappa shape index (κ3) is 4.93. The van der Waals surface area contributed by atoms with E-state index in [4.69, 9.17) is 16.3 Å². The molecule has 0 aliphatic carbocycles. The minimum Gasteiger partial charge on any atom is -0.489 e. The summed E-state index contributed by atoms with van der Waals surface area (Å²) in [6, 6.07) is 20.9. The number of halogens is 1. The van der Waals surface area contributed by atoms with Crippen LogP contribution in [0.25, 0.3) is 0 Å². The van der Waals surface area contributed by atoms with Crippen LogP contribution >= 0.6 is 11.6 Å². The molecule has 0 saturated heterocycles. The van der Waals surface area contributed by atoms with Crippen molar-refractivity contribution >= 4 is 17.5 Å². The standard InChI is InChI=1S/C24H24ClNO2/c1-16-8-9-20(14-17(16)2)18(3)26-24(27)19-10-12-22(13-11-19)28-15-21-6-4-5-7-23(21)25/h4-14,18H,15H2,1-3H3,(H,26,27). The SMILES string of the molecule is Cc1ccc(C(C)NC(=O)c2ccc(OCc3ccccc3Cl)cc2)cc1C. The van der Waals surface area contributed by atoms with Gasteiger partial charge in [-0.25, -0.2) is 0 Å². The van der Waals surface area contributed by atoms with Crippen molar-refractivity contribution in [2.45, 2.75) is 33.4 Å².